The van der Waals surface area contributed by atoms with Gasteiger partial charge < -0.3 is 4.74 Å². The van der Waals surface area contributed by atoms with Gasteiger partial charge in [-0.25, -0.2) is 4.79 Å². The Morgan fingerprint density at radius 3 is 1.88 bits per heavy atom. The van der Waals surface area contributed by atoms with E-state index in [1.165, 1.54) is 5.56 Å². The summed E-state index contributed by atoms with van der Waals surface area (Å²) in [4.78, 5) is 12.0. The Kier molecular flexibility index (Phi) is 5.43. The zero-order valence-corrected chi connectivity index (χ0v) is 14.2. The number of ether oxygens (including phenoxy) is 1. The predicted octanol–water partition coefficient (Wildman–Crippen LogP) is 5.35. The standard InChI is InChI=1S/C23H20O2/c1-2-25-23(24)17-22(20-11-7-4-8-12-20)21-15-13-19(14-16-21)18-9-5-3-6-10-18/h3-17H,2H2,1H3/b22-17+. The lowest BCUT2D eigenvalue weighted by Crippen LogP contribution is -2.01. The van der Waals surface area contributed by atoms with E-state index in [1.807, 2.05) is 67.6 Å². The molecule has 0 aliphatic rings. The van der Waals surface area contributed by atoms with Crippen LogP contribution in [0.2, 0.25) is 0 Å². The zero-order chi connectivity index (χ0) is 17.5. The molecular formula is C23H20O2. The Morgan fingerprint density at radius 2 is 1.28 bits per heavy atom. The molecule has 3 aromatic carbocycles. The van der Waals surface area contributed by atoms with E-state index in [9.17, 15) is 4.79 Å². The summed E-state index contributed by atoms with van der Waals surface area (Å²) in [5, 5.41) is 0. The van der Waals surface area contributed by atoms with Gasteiger partial charge in [-0.05, 0) is 34.8 Å². The number of carbonyl (C=O) groups excluding carboxylic acids is 1. The van der Waals surface area contributed by atoms with Crippen molar-refractivity contribution in [2.45, 2.75) is 6.92 Å². The highest BCUT2D eigenvalue weighted by Gasteiger charge is 2.09. The second-order valence-corrected chi connectivity index (χ2v) is 5.62. The van der Waals surface area contributed by atoms with Gasteiger partial charge in [-0.2, -0.15) is 0 Å². The molecule has 3 rings (SSSR count). The number of carbonyl (C=O) groups is 1. The van der Waals surface area contributed by atoms with Crippen LogP contribution >= 0.6 is 0 Å². The van der Waals surface area contributed by atoms with Crippen LogP contribution in [0.15, 0.2) is 91.0 Å². The molecule has 0 radical (unpaired) electrons. The van der Waals surface area contributed by atoms with Crippen molar-refractivity contribution in [3.05, 3.63) is 102 Å². The first-order valence-electron chi connectivity index (χ1n) is 8.37. The van der Waals surface area contributed by atoms with Crippen LogP contribution in [0.25, 0.3) is 16.7 Å². The quantitative estimate of drug-likeness (QED) is 0.466. The number of esters is 1. The Balaban J connectivity index is 1.98. The van der Waals surface area contributed by atoms with Gasteiger partial charge >= 0.3 is 5.97 Å². The number of rotatable bonds is 5. The Labute approximate surface area is 148 Å². The molecule has 0 unspecified atom stereocenters. The van der Waals surface area contributed by atoms with Gasteiger partial charge in [0.2, 0.25) is 0 Å². The van der Waals surface area contributed by atoms with E-state index in [0.717, 1.165) is 22.3 Å². The zero-order valence-electron chi connectivity index (χ0n) is 14.2. The smallest absolute Gasteiger partial charge is 0.331 e. The van der Waals surface area contributed by atoms with E-state index in [0.29, 0.717) is 6.61 Å². The Bertz CT molecular complexity index is 848. The van der Waals surface area contributed by atoms with E-state index in [4.69, 9.17) is 4.74 Å². The van der Waals surface area contributed by atoms with Gasteiger partial charge in [-0.15, -0.1) is 0 Å². The van der Waals surface area contributed by atoms with Crippen molar-refractivity contribution in [1.29, 1.82) is 0 Å². The lowest BCUT2D eigenvalue weighted by molar-refractivity contribution is -0.137. The fraction of sp³-hybridized carbons (Fsp3) is 0.0870. The first kappa shape index (κ1) is 16.7. The van der Waals surface area contributed by atoms with Crippen molar-refractivity contribution < 1.29 is 9.53 Å². The second-order valence-electron chi connectivity index (χ2n) is 5.62. The summed E-state index contributed by atoms with van der Waals surface area (Å²) < 4.78 is 5.09. The van der Waals surface area contributed by atoms with Crippen molar-refractivity contribution in [2.24, 2.45) is 0 Å². The molecule has 0 bridgehead atoms. The van der Waals surface area contributed by atoms with E-state index in [1.54, 1.807) is 6.08 Å². The Morgan fingerprint density at radius 1 is 0.760 bits per heavy atom. The van der Waals surface area contributed by atoms with E-state index in [-0.39, 0.29) is 5.97 Å². The minimum absolute atomic E-state index is 0.325. The highest BCUT2D eigenvalue weighted by atomic mass is 16.5. The summed E-state index contributed by atoms with van der Waals surface area (Å²) in [5.74, 6) is -0.325. The van der Waals surface area contributed by atoms with Crippen molar-refractivity contribution in [3.8, 4) is 11.1 Å². The second kappa shape index (κ2) is 8.11. The molecule has 124 valence electrons. The SMILES string of the molecule is CCOC(=O)/C=C(\c1ccccc1)c1ccc(-c2ccccc2)cc1. The molecule has 0 saturated carbocycles. The third-order valence-corrected chi connectivity index (χ3v) is 3.94. The van der Waals surface area contributed by atoms with Gasteiger partial charge in [-0.3, -0.25) is 0 Å². The number of benzene rings is 3. The average molecular weight is 328 g/mol. The number of hydrogen-bond donors (Lipinski definition) is 0. The van der Waals surface area contributed by atoms with Crippen LogP contribution in [0.5, 0.6) is 0 Å². The first-order chi connectivity index (χ1) is 12.3. The summed E-state index contributed by atoms with van der Waals surface area (Å²) in [7, 11) is 0. The van der Waals surface area contributed by atoms with Crippen LogP contribution in [0.4, 0.5) is 0 Å². The summed E-state index contributed by atoms with van der Waals surface area (Å²) in [5.41, 5.74) is 5.15. The van der Waals surface area contributed by atoms with Crippen molar-refractivity contribution in [3.63, 3.8) is 0 Å². The summed E-state index contributed by atoms with van der Waals surface area (Å²) in [6, 6.07) is 28.4. The first-order valence-corrected chi connectivity index (χ1v) is 8.37. The molecule has 0 spiro atoms. The van der Waals surface area contributed by atoms with Crippen LogP contribution in [0.1, 0.15) is 18.1 Å². The molecule has 0 N–H and O–H groups in total. The van der Waals surface area contributed by atoms with E-state index in [2.05, 4.69) is 24.3 Å². The highest BCUT2D eigenvalue weighted by Crippen LogP contribution is 2.26. The van der Waals surface area contributed by atoms with Crippen LogP contribution < -0.4 is 0 Å². The maximum absolute atomic E-state index is 12.0. The van der Waals surface area contributed by atoms with Gasteiger partial charge in [0.15, 0.2) is 0 Å². The molecule has 25 heavy (non-hydrogen) atoms. The summed E-state index contributed by atoms with van der Waals surface area (Å²) >= 11 is 0. The molecule has 3 aromatic rings. The van der Waals surface area contributed by atoms with E-state index < -0.39 is 0 Å². The third-order valence-electron chi connectivity index (χ3n) is 3.94. The monoisotopic (exact) mass is 328 g/mol. The van der Waals surface area contributed by atoms with Crippen LogP contribution in [0.3, 0.4) is 0 Å². The van der Waals surface area contributed by atoms with Gasteiger partial charge in [-0.1, -0.05) is 84.9 Å². The average Bonchev–Trinajstić information content (AvgIpc) is 2.68. The normalized spacial score (nSPS) is 11.2. The molecule has 0 fully saturated rings. The van der Waals surface area contributed by atoms with Crippen molar-refractivity contribution in [2.75, 3.05) is 6.61 Å². The van der Waals surface area contributed by atoms with Gasteiger partial charge in [0.1, 0.15) is 0 Å². The molecule has 0 aliphatic carbocycles. The molecule has 0 aliphatic heterocycles. The molecule has 2 nitrogen and oxygen atoms in total. The van der Waals surface area contributed by atoms with Gasteiger partial charge in [0.25, 0.3) is 0 Å². The maximum Gasteiger partial charge on any atom is 0.331 e. The molecule has 0 amide bonds. The molecule has 0 saturated heterocycles. The summed E-state index contributed by atoms with van der Waals surface area (Å²) in [6.45, 7) is 2.17. The van der Waals surface area contributed by atoms with Crippen LogP contribution in [0, 0.1) is 0 Å². The largest absolute Gasteiger partial charge is 0.463 e. The molecule has 0 heterocycles. The lowest BCUT2D eigenvalue weighted by Gasteiger charge is -2.10. The lowest BCUT2D eigenvalue weighted by atomic mass is 9.95. The topological polar surface area (TPSA) is 26.3 Å². The van der Waals surface area contributed by atoms with Gasteiger partial charge in [0, 0.05) is 6.08 Å². The fourth-order valence-electron chi connectivity index (χ4n) is 2.73. The highest BCUT2D eigenvalue weighted by molar-refractivity contribution is 5.96. The molecular weight excluding hydrogens is 308 g/mol. The van der Waals surface area contributed by atoms with Crippen LogP contribution in [-0.2, 0) is 9.53 Å². The Hall–Kier alpha value is -3.13. The maximum atomic E-state index is 12.0. The molecule has 0 atom stereocenters. The van der Waals surface area contributed by atoms with E-state index >= 15 is 0 Å². The van der Waals surface area contributed by atoms with Crippen molar-refractivity contribution >= 4 is 11.5 Å². The fourth-order valence-corrected chi connectivity index (χ4v) is 2.73. The minimum Gasteiger partial charge on any atom is -0.463 e. The summed E-state index contributed by atoms with van der Waals surface area (Å²) in [6.07, 6.45) is 1.57. The van der Waals surface area contributed by atoms with Gasteiger partial charge in [0.05, 0.1) is 6.61 Å². The predicted molar refractivity (Wildman–Crippen MR) is 102 cm³/mol. The van der Waals surface area contributed by atoms with Crippen LogP contribution in [-0.4, -0.2) is 12.6 Å². The molecule has 2 heteroatoms. The molecule has 0 aromatic heterocycles. The third kappa shape index (κ3) is 4.24. The minimum atomic E-state index is -0.325. The number of hydrogen-bond acceptors (Lipinski definition) is 2. The van der Waals surface area contributed by atoms with Crippen molar-refractivity contribution in [1.82, 2.24) is 0 Å².